The second-order valence-corrected chi connectivity index (χ2v) is 4.86. The third-order valence-corrected chi connectivity index (χ3v) is 3.53. The third-order valence-electron chi connectivity index (χ3n) is 3.53. The average molecular weight is 164 g/mol. The van der Waals surface area contributed by atoms with Gasteiger partial charge in [-0.25, -0.2) is 0 Å². The van der Waals surface area contributed by atoms with Crippen LogP contribution >= 0.6 is 0 Å². The molecule has 1 atom stereocenters. The first-order valence-corrected chi connectivity index (χ1v) is 5.11. The molecule has 1 unspecified atom stereocenters. The lowest BCUT2D eigenvalue weighted by Gasteiger charge is -2.22. The van der Waals surface area contributed by atoms with Crippen LogP contribution in [0.15, 0.2) is 5.10 Å². The van der Waals surface area contributed by atoms with Crippen LogP contribution in [0.4, 0.5) is 0 Å². The van der Waals surface area contributed by atoms with Crippen molar-refractivity contribution in [3.05, 3.63) is 0 Å². The van der Waals surface area contributed by atoms with Crippen molar-refractivity contribution in [1.29, 1.82) is 0 Å². The molecule has 0 aromatic rings. The zero-order chi connectivity index (χ0) is 8.18. The molecule has 66 valence electrons. The Balaban J connectivity index is 1.71. The molecule has 3 aliphatic rings. The van der Waals surface area contributed by atoms with Crippen molar-refractivity contribution in [3.8, 4) is 0 Å². The molecule has 2 saturated carbocycles. The Kier molecular flexibility index (Phi) is 1.18. The maximum Gasteiger partial charge on any atom is 0.0601 e. The molecule has 12 heavy (non-hydrogen) atoms. The molecule has 0 aromatic carbocycles. The van der Waals surface area contributed by atoms with E-state index in [1.807, 2.05) is 0 Å². The van der Waals surface area contributed by atoms with Crippen molar-refractivity contribution in [3.63, 3.8) is 0 Å². The maximum atomic E-state index is 4.48. The number of nitrogens with zero attached hydrogens (tertiary/aromatic N) is 1. The van der Waals surface area contributed by atoms with Crippen LogP contribution in [0.2, 0.25) is 0 Å². The number of hydrogen-bond acceptors (Lipinski definition) is 2. The molecule has 1 aliphatic heterocycles. The number of hydrazone groups is 1. The van der Waals surface area contributed by atoms with E-state index in [1.165, 1.54) is 37.8 Å². The summed E-state index contributed by atoms with van der Waals surface area (Å²) in [5.41, 5.74) is 5.16. The predicted octanol–water partition coefficient (Wildman–Crippen LogP) is 1.91. The quantitative estimate of drug-likeness (QED) is 0.662. The van der Waals surface area contributed by atoms with Crippen LogP contribution in [-0.2, 0) is 0 Å². The highest BCUT2D eigenvalue weighted by atomic mass is 15.4. The Labute approximate surface area is 73.4 Å². The van der Waals surface area contributed by atoms with Gasteiger partial charge in [0.2, 0.25) is 0 Å². The van der Waals surface area contributed by atoms with Gasteiger partial charge in [0.15, 0.2) is 0 Å². The van der Waals surface area contributed by atoms with Gasteiger partial charge in [-0.15, -0.1) is 0 Å². The lowest BCUT2D eigenvalue weighted by atomic mass is 9.90. The van der Waals surface area contributed by atoms with Crippen LogP contribution < -0.4 is 5.43 Å². The van der Waals surface area contributed by atoms with E-state index in [4.69, 9.17) is 0 Å². The van der Waals surface area contributed by atoms with E-state index in [-0.39, 0.29) is 0 Å². The molecule has 0 radical (unpaired) electrons. The zero-order valence-electron chi connectivity index (χ0n) is 7.64. The van der Waals surface area contributed by atoms with Crippen molar-refractivity contribution in [2.24, 2.45) is 16.9 Å². The molecule has 2 fully saturated rings. The molecule has 1 N–H and O–H groups in total. The van der Waals surface area contributed by atoms with E-state index in [2.05, 4.69) is 17.5 Å². The molecule has 2 nitrogen and oxygen atoms in total. The van der Waals surface area contributed by atoms with E-state index < -0.39 is 0 Å². The van der Waals surface area contributed by atoms with Crippen molar-refractivity contribution in [2.75, 3.05) is 0 Å². The molecule has 2 heteroatoms. The van der Waals surface area contributed by atoms with Crippen LogP contribution in [0.1, 0.15) is 39.0 Å². The first-order valence-electron chi connectivity index (χ1n) is 5.11. The largest absolute Gasteiger partial charge is 0.304 e. The van der Waals surface area contributed by atoms with Crippen LogP contribution in [0.5, 0.6) is 0 Å². The highest BCUT2D eigenvalue weighted by Gasteiger charge is 2.47. The van der Waals surface area contributed by atoms with Gasteiger partial charge in [0.1, 0.15) is 0 Å². The van der Waals surface area contributed by atoms with E-state index in [9.17, 15) is 0 Å². The first-order chi connectivity index (χ1) is 5.78. The Morgan fingerprint density at radius 2 is 2.08 bits per heavy atom. The maximum absolute atomic E-state index is 4.48. The summed E-state index contributed by atoms with van der Waals surface area (Å²) in [4.78, 5) is 0. The minimum Gasteiger partial charge on any atom is -0.304 e. The van der Waals surface area contributed by atoms with Crippen LogP contribution in [0.3, 0.4) is 0 Å². The molecule has 0 aromatic heterocycles. The Hall–Kier alpha value is -0.530. The van der Waals surface area contributed by atoms with E-state index >= 15 is 0 Å². The lowest BCUT2D eigenvalue weighted by molar-refractivity contribution is 0.352. The van der Waals surface area contributed by atoms with Crippen LogP contribution in [-0.4, -0.2) is 11.3 Å². The van der Waals surface area contributed by atoms with Gasteiger partial charge in [-0.3, -0.25) is 0 Å². The summed E-state index contributed by atoms with van der Waals surface area (Å²) in [6.45, 7) is 2.34. The SMILES string of the molecule is CC1(C2CC2)CC(C2CC2)=NN1. The predicted molar refractivity (Wildman–Crippen MR) is 49.0 cm³/mol. The monoisotopic (exact) mass is 164 g/mol. The van der Waals surface area contributed by atoms with Gasteiger partial charge >= 0.3 is 0 Å². The molecule has 3 rings (SSSR count). The summed E-state index contributed by atoms with van der Waals surface area (Å²) in [7, 11) is 0. The third kappa shape index (κ3) is 0.970. The van der Waals surface area contributed by atoms with Crippen LogP contribution in [0, 0.1) is 11.8 Å². The zero-order valence-corrected chi connectivity index (χ0v) is 7.64. The Morgan fingerprint density at radius 1 is 1.33 bits per heavy atom. The van der Waals surface area contributed by atoms with E-state index in [0.29, 0.717) is 5.54 Å². The van der Waals surface area contributed by atoms with Crippen molar-refractivity contribution in [2.45, 2.75) is 44.6 Å². The van der Waals surface area contributed by atoms with Gasteiger partial charge in [-0.2, -0.15) is 5.10 Å². The molecule has 2 aliphatic carbocycles. The topological polar surface area (TPSA) is 24.4 Å². The van der Waals surface area contributed by atoms with Gasteiger partial charge in [0.25, 0.3) is 0 Å². The fraction of sp³-hybridized carbons (Fsp3) is 0.900. The van der Waals surface area contributed by atoms with Gasteiger partial charge in [0, 0.05) is 12.1 Å². The number of rotatable bonds is 2. The first kappa shape index (κ1) is 6.93. The smallest absolute Gasteiger partial charge is 0.0601 e. The number of hydrogen-bond donors (Lipinski definition) is 1. The Morgan fingerprint density at radius 3 is 2.67 bits per heavy atom. The summed E-state index contributed by atoms with van der Waals surface area (Å²) in [6, 6.07) is 0. The second kappa shape index (κ2) is 2.04. The summed E-state index contributed by atoms with van der Waals surface area (Å²) in [6.07, 6.45) is 6.83. The average Bonchev–Trinajstić information content (AvgIpc) is 2.91. The molecule has 1 heterocycles. The van der Waals surface area contributed by atoms with Crippen molar-refractivity contribution >= 4 is 5.71 Å². The summed E-state index contributed by atoms with van der Waals surface area (Å²) in [5, 5.41) is 4.48. The number of nitrogens with one attached hydrogen (secondary N) is 1. The van der Waals surface area contributed by atoms with Crippen molar-refractivity contribution in [1.82, 2.24) is 5.43 Å². The van der Waals surface area contributed by atoms with Gasteiger partial charge < -0.3 is 5.43 Å². The standard InChI is InChI=1S/C10H16N2/c1-10(8-4-5-8)6-9(11-12-10)7-2-3-7/h7-8,12H,2-6H2,1H3. The molecular formula is C10H16N2. The molecular weight excluding hydrogens is 148 g/mol. The van der Waals surface area contributed by atoms with Gasteiger partial charge in [0.05, 0.1) is 5.54 Å². The minimum absolute atomic E-state index is 0.345. The highest BCUT2D eigenvalue weighted by Crippen LogP contribution is 2.45. The fourth-order valence-corrected chi connectivity index (χ4v) is 2.26. The summed E-state index contributed by atoms with van der Waals surface area (Å²) >= 11 is 0. The van der Waals surface area contributed by atoms with E-state index in [0.717, 1.165) is 11.8 Å². The van der Waals surface area contributed by atoms with Gasteiger partial charge in [-0.05, 0) is 44.4 Å². The van der Waals surface area contributed by atoms with Crippen LogP contribution in [0.25, 0.3) is 0 Å². The molecule has 0 amide bonds. The minimum atomic E-state index is 0.345. The van der Waals surface area contributed by atoms with Crippen molar-refractivity contribution < 1.29 is 0 Å². The normalized spacial score (nSPS) is 40.9. The summed E-state index contributed by atoms with van der Waals surface area (Å²) in [5.74, 6) is 1.77. The Bertz CT molecular complexity index is 238. The second-order valence-electron chi connectivity index (χ2n) is 4.86. The summed E-state index contributed by atoms with van der Waals surface area (Å²) < 4.78 is 0. The molecule has 0 spiro atoms. The van der Waals surface area contributed by atoms with E-state index in [1.54, 1.807) is 0 Å². The molecule has 0 bridgehead atoms. The fourth-order valence-electron chi connectivity index (χ4n) is 2.26. The van der Waals surface area contributed by atoms with Gasteiger partial charge in [-0.1, -0.05) is 0 Å². The highest BCUT2D eigenvalue weighted by molar-refractivity contribution is 5.90. The molecule has 0 saturated heterocycles. The lowest BCUT2D eigenvalue weighted by Crippen LogP contribution is -2.37.